The molecule has 29 heavy (non-hydrogen) atoms. The molecular weight excluding hydrogens is 366 g/mol. The number of rotatable bonds is 6. The van der Waals surface area contributed by atoms with Crippen LogP contribution >= 0.6 is 0 Å². The molecule has 5 heteroatoms. The highest BCUT2D eigenvalue weighted by Crippen LogP contribution is 2.23. The normalized spacial score (nSPS) is 10.3. The lowest BCUT2D eigenvalue weighted by atomic mass is 10.1. The Hall–Kier alpha value is -3.60. The van der Waals surface area contributed by atoms with Crippen LogP contribution in [0.2, 0.25) is 0 Å². The number of aryl methyl sites for hydroxylation is 2. The lowest BCUT2D eigenvalue weighted by Gasteiger charge is -2.14. The van der Waals surface area contributed by atoms with E-state index in [1.165, 1.54) is 7.11 Å². The van der Waals surface area contributed by atoms with Crippen molar-refractivity contribution in [2.75, 3.05) is 12.4 Å². The number of hydrogen-bond donors (Lipinski definition) is 1. The van der Waals surface area contributed by atoms with Gasteiger partial charge in [-0.2, -0.15) is 0 Å². The summed E-state index contributed by atoms with van der Waals surface area (Å²) >= 11 is 0. The van der Waals surface area contributed by atoms with E-state index >= 15 is 0 Å². The van der Waals surface area contributed by atoms with Crippen molar-refractivity contribution in [1.29, 1.82) is 0 Å². The van der Waals surface area contributed by atoms with Crippen molar-refractivity contribution in [2.24, 2.45) is 0 Å². The molecule has 3 aromatic rings. The van der Waals surface area contributed by atoms with Crippen molar-refractivity contribution in [3.63, 3.8) is 0 Å². The van der Waals surface area contributed by atoms with E-state index in [1.54, 1.807) is 36.4 Å². The molecule has 3 aromatic carbocycles. The van der Waals surface area contributed by atoms with Gasteiger partial charge >= 0.3 is 5.97 Å². The van der Waals surface area contributed by atoms with Crippen molar-refractivity contribution < 1.29 is 19.1 Å². The molecule has 1 amide bonds. The van der Waals surface area contributed by atoms with Gasteiger partial charge in [0.05, 0.1) is 18.2 Å². The number of ether oxygens (including phenoxy) is 2. The second-order valence-electron chi connectivity index (χ2n) is 6.75. The van der Waals surface area contributed by atoms with Gasteiger partial charge < -0.3 is 14.8 Å². The fraction of sp³-hybridized carbons (Fsp3) is 0.167. The zero-order valence-corrected chi connectivity index (χ0v) is 16.7. The third kappa shape index (κ3) is 5.02. The van der Waals surface area contributed by atoms with Crippen LogP contribution in [0, 0.1) is 13.8 Å². The molecule has 1 N–H and O–H groups in total. The minimum Gasteiger partial charge on any atom is -0.488 e. The highest BCUT2D eigenvalue weighted by molar-refractivity contribution is 6.07. The fourth-order valence-corrected chi connectivity index (χ4v) is 2.93. The number of benzene rings is 3. The second kappa shape index (κ2) is 9.06. The molecule has 0 fully saturated rings. The van der Waals surface area contributed by atoms with Crippen molar-refractivity contribution in [3.8, 4) is 5.75 Å². The molecule has 0 saturated carbocycles. The standard InChI is InChI=1S/C24H23NO4/c1-16-7-6-8-18(13-16)15-29-22-10-5-4-9-20(22)23(26)25-21-14-19(24(27)28-3)12-11-17(21)2/h4-14H,15H2,1-3H3,(H,25,26). The van der Waals surface area contributed by atoms with E-state index in [0.717, 1.165) is 16.7 Å². The summed E-state index contributed by atoms with van der Waals surface area (Å²) in [6.45, 7) is 4.25. The van der Waals surface area contributed by atoms with Gasteiger partial charge in [0.1, 0.15) is 12.4 Å². The van der Waals surface area contributed by atoms with E-state index in [9.17, 15) is 9.59 Å². The third-order valence-electron chi connectivity index (χ3n) is 4.52. The summed E-state index contributed by atoms with van der Waals surface area (Å²) in [5.41, 5.74) is 4.36. The predicted octanol–water partition coefficient (Wildman–Crippen LogP) is 4.92. The van der Waals surface area contributed by atoms with Gasteiger partial charge in [0, 0.05) is 5.69 Å². The monoisotopic (exact) mass is 389 g/mol. The van der Waals surface area contributed by atoms with Crippen LogP contribution in [-0.4, -0.2) is 19.0 Å². The van der Waals surface area contributed by atoms with Crippen LogP contribution in [0.15, 0.2) is 66.7 Å². The van der Waals surface area contributed by atoms with E-state index in [4.69, 9.17) is 9.47 Å². The van der Waals surface area contributed by atoms with Crippen LogP contribution in [-0.2, 0) is 11.3 Å². The molecule has 0 saturated heterocycles. The molecule has 0 heterocycles. The maximum absolute atomic E-state index is 12.9. The number of methoxy groups -OCH3 is 1. The maximum Gasteiger partial charge on any atom is 0.337 e. The van der Waals surface area contributed by atoms with Gasteiger partial charge in [-0.1, -0.05) is 48.0 Å². The Kier molecular flexibility index (Phi) is 6.29. The minimum absolute atomic E-state index is 0.310. The van der Waals surface area contributed by atoms with Gasteiger partial charge in [0.25, 0.3) is 5.91 Å². The number of amides is 1. The first kappa shape index (κ1) is 20.1. The van der Waals surface area contributed by atoms with Crippen molar-refractivity contribution in [2.45, 2.75) is 20.5 Å². The molecule has 0 radical (unpaired) electrons. The fourth-order valence-electron chi connectivity index (χ4n) is 2.93. The summed E-state index contributed by atoms with van der Waals surface area (Å²) in [4.78, 5) is 24.7. The Bertz CT molecular complexity index is 1040. The van der Waals surface area contributed by atoms with Crippen LogP contribution < -0.4 is 10.1 Å². The smallest absolute Gasteiger partial charge is 0.337 e. The summed E-state index contributed by atoms with van der Waals surface area (Å²) in [6, 6.07) is 20.1. The van der Waals surface area contributed by atoms with E-state index < -0.39 is 5.97 Å². The first-order valence-electron chi connectivity index (χ1n) is 9.25. The Morgan fingerprint density at radius 1 is 0.931 bits per heavy atom. The summed E-state index contributed by atoms with van der Waals surface area (Å²) in [5.74, 6) is -0.273. The third-order valence-corrected chi connectivity index (χ3v) is 4.52. The molecule has 0 unspecified atom stereocenters. The number of esters is 1. The second-order valence-corrected chi connectivity index (χ2v) is 6.75. The first-order chi connectivity index (χ1) is 14.0. The predicted molar refractivity (Wildman–Crippen MR) is 112 cm³/mol. The summed E-state index contributed by atoms with van der Waals surface area (Å²) in [6.07, 6.45) is 0. The molecule has 0 bridgehead atoms. The van der Waals surface area contributed by atoms with E-state index in [-0.39, 0.29) is 5.91 Å². The van der Waals surface area contributed by atoms with Gasteiger partial charge in [-0.3, -0.25) is 4.79 Å². The van der Waals surface area contributed by atoms with Crippen LogP contribution in [0.5, 0.6) is 5.75 Å². The molecule has 148 valence electrons. The highest BCUT2D eigenvalue weighted by atomic mass is 16.5. The van der Waals surface area contributed by atoms with Crippen molar-refractivity contribution in [1.82, 2.24) is 0 Å². The Labute approximate surface area is 170 Å². The SMILES string of the molecule is COC(=O)c1ccc(C)c(NC(=O)c2ccccc2OCc2cccc(C)c2)c1. The number of carbonyl (C=O) groups is 2. The number of para-hydroxylation sites is 1. The van der Waals surface area contributed by atoms with Crippen LogP contribution in [0.25, 0.3) is 0 Å². The van der Waals surface area contributed by atoms with E-state index in [2.05, 4.69) is 5.32 Å². The van der Waals surface area contributed by atoms with Crippen molar-refractivity contribution >= 4 is 17.6 Å². The number of anilines is 1. The molecule has 0 atom stereocenters. The lowest BCUT2D eigenvalue weighted by molar-refractivity contribution is 0.0600. The van der Waals surface area contributed by atoms with E-state index in [1.807, 2.05) is 44.2 Å². The molecule has 5 nitrogen and oxygen atoms in total. The Morgan fingerprint density at radius 2 is 1.72 bits per heavy atom. The molecule has 0 aliphatic carbocycles. The zero-order valence-electron chi connectivity index (χ0n) is 16.7. The van der Waals surface area contributed by atoms with Crippen LogP contribution in [0.1, 0.15) is 37.4 Å². The average molecular weight is 389 g/mol. The Morgan fingerprint density at radius 3 is 2.48 bits per heavy atom. The molecule has 0 aliphatic heterocycles. The summed E-state index contributed by atoms with van der Waals surface area (Å²) < 4.78 is 10.7. The largest absolute Gasteiger partial charge is 0.488 e. The molecule has 0 spiro atoms. The van der Waals surface area contributed by atoms with Gasteiger partial charge in [0.15, 0.2) is 0 Å². The first-order valence-corrected chi connectivity index (χ1v) is 9.25. The zero-order chi connectivity index (χ0) is 20.8. The topological polar surface area (TPSA) is 64.6 Å². The number of carbonyl (C=O) groups excluding carboxylic acids is 2. The van der Waals surface area contributed by atoms with Gasteiger partial charge in [-0.15, -0.1) is 0 Å². The maximum atomic E-state index is 12.9. The van der Waals surface area contributed by atoms with Gasteiger partial charge in [0.2, 0.25) is 0 Å². The van der Waals surface area contributed by atoms with Crippen LogP contribution in [0.3, 0.4) is 0 Å². The minimum atomic E-state index is -0.456. The Balaban J connectivity index is 1.79. The molecule has 0 aliphatic rings. The van der Waals surface area contributed by atoms with Crippen molar-refractivity contribution in [3.05, 3.63) is 94.5 Å². The average Bonchev–Trinajstić information content (AvgIpc) is 2.73. The van der Waals surface area contributed by atoms with Crippen LogP contribution in [0.4, 0.5) is 5.69 Å². The number of nitrogens with one attached hydrogen (secondary N) is 1. The summed E-state index contributed by atoms with van der Waals surface area (Å²) in [5, 5.41) is 2.87. The van der Waals surface area contributed by atoms with Gasteiger partial charge in [-0.05, 0) is 49.2 Å². The van der Waals surface area contributed by atoms with Gasteiger partial charge in [-0.25, -0.2) is 4.79 Å². The molecular formula is C24H23NO4. The van der Waals surface area contributed by atoms with E-state index in [0.29, 0.717) is 29.2 Å². The number of hydrogen-bond acceptors (Lipinski definition) is 4. The molecule has 0 aromatic heterocycles. The molecule has 3 rings (SSSR count). The highest BCUT2D eigenvalue weighted by Gasteiger charge is 2.15. The lowest BCUT2D eigenvalue weighted by Crippen LogP contribution is -2.15. The quantitative estimate of drug-likeness (QED) is 0.608. The summed E-state index contributed by atoms with van der Waals surface area (Å²) in [7, 11) is 1.32.